The van der Waals surface area contributed by atoms with Gasteiger partial charge in [0.25, 0.3) is 0 Å². The van der Waals surface area contributed by atoms with Crippen molar-refractivity contribution in [2.24, 2.45) is 11.7 Å². The van der Waals surface area contributed by atoms with Gasteiger partial charge in [-0.2, -0.15) is 4.98 Å². The summed E-state index contributed by atoms with van der Waals surface area (Å²) in [4.78, 5) is 19.6. The summed E-state index contributed by atoms with van der Waals surface area (Å²) in [6, 6.07) is 6.17. The fourth-order valence-corrected chi connectivity index (χ4v) is 4.03. The Hall–Kier alpha value is -2.26. The van der Waals surface area contributed by atoms with Crippen molar-refractivity contribution in [3.05, 3.63) is 49.6 Å². The molecule has 1 aromatic heterocycles. The van der Waals surface area contributed by atoms with Gasteiger partial charge in [-0.25, -0.2) is 4.98 Å². The Bertz CT molecular complexity index is 868. The molecule has 9 heteroatoms. The predicted molar refractivity (Wildman–Crippen MR) is 113 cm³/mol. The van der Waals surface area contributed by atoms with E-state index in [-0.39, 0.29) is 17.5 Å². The second-order valence-corrected chi connectivity index (χ2v) is 8.20. The summed E-state index contributed by atoms with van der Waals surface area (Å²) >= 11 is 3.52. The fraction of sp³-hybridized carbons (Fsp3) is 0.474. The van der Waals surface area contributed by atoms with E-state index in [2.05, 4.69) is 31.2 Å². The highest BCUT2D eigenvalue weighted by Gasteiger charge is 2.27. The molecule has 0 unspecified atom stereocenters. The molecular weight excluding hydrogens is 424 g/mol. The summed E-state index contributed by atoms with van der Waals surface area (Å²) in [5.74, 6) is 0.536. The van der Waals surface area contributed by atoms with Gasteiger partial charge in [0.15, 0.2) is 0 Å². The number of hydrogen-bond acceptors (Lipinski definition) is 7. The van der Waals surface area contributed by atoms with Crippen LogP contribution in [0.4, 0.5) is 17.5 Å². The molecule has 2 aromatic rings. The maximum atomic E-state index is 11.5. The molecule has 1 aliphatic carbocycles. The molecule has 5 N–H and O–H groups in total. The van der Waals surface area contributed by atoms with E-state index >= 15 is 0 Å². The summed E-state index contributed by atoms with van der Waals surface area (Å²) in [6.45, 7) is 2.52. The SMILES string of the molecule is Cc1c(Br)cccc1CNc1nc(N)c([N+](=O)[O-])c(CC2CCC(N)CC2)n1. The number of nitrogens with one attached hydrogen (secondary N) is 1. The minimum absolute atomic E-state index is 0.101. The molecule has 0 atom stereocenters. The smallest absolute Gasteiger partial charge is 0.332 e. The van der Waals surface area contributed by atoms with Gasteiger partial charge in [-0.1, -0.05) is 28.1 Å². The zero-order chi connectivity index (χ0) is 20.3. The zero-order valence-corrected chi connectivity index (χ0v) is 17.4. The Morgan fingerprint density at radius 1 is 1.29 bits per heavy atom. The first-order valence-electron chi connectivity index (χ1n) is 9.39. The van der Waals surface area contributed by atoms with Crippen molar-refractivity contribution in [1.29, 1.82) is 0 Å². The van der Waals surface area contributed by atoms with Crippen LogP contribution in [0.15, 0.2) is 22.7 Å². The third kappa shape index (κ3) is 4.77. The molecule has 8 nitrogen and oxygen atoms in total. The third-order valence-corrected chi connectivity index (χ3v) is 6.22. The Labute approximate surface area is 172 Å². The second kappa shape index (κ2) is 8.83. The molecular formula is C19H25BrN6O2. The molecule has 28 heavy (non-hydrogen) atoms. The maximum absolute atomic E-state index is 11.5. The van der Waals surface area contributed by atoms with Crippen molar-refractivity contribution < 1.29 is 4.92 Å². The first-order valence-corrected chi connectivity index (χ1v) is 10.2. The average molecular weight is 449 g/mol. The Balaban J connectivity index is 1.81. The molecule has 150 valence electrons. The summed E-state index contributed by atoms with van der Waals surface area (Å²) < 4.78 is 1.02. The van der Waals surface area contributed by atoms with Gasteiger partial charge in [-0.05, 0) is 62.1 Å². The summed E-state index contributed by atoms with van der Waals surface area (Å²) in [7, 11) is 0. The van der Waals surface area contributed by atoms with Crippen molar-refractivity contribution in [2.45, 2.75) is 51.6 Å². The lowest BCUT2D eigenvalue weighted by atomic mass is 9.83. The minimum atomic E-state index is -0.485. The first-order chi connectivity index (χ1) is 13.3. The van der Waals surface area contributed by atoms with Crippen LogP contribution in [0.25, 0.3) is 0 Å². The normalized spacial score (nSPS) is 19.4. The molecule has 0 saturated heterocycles. The predicted octanol–water partition coefficient (Wildman–Crippen LogP) is 3.71. The van der Waals surface area contributed by atoms with Crippen molar-refractivity contribution in [2.75, 3.05) is 11.1 Å². The van der Waals surface area contributed by atoms with Gasteiger partial charge in [-0.15, -0.1) is 0 Å². The van der Waals surface area contributed by atoms with Crippen LogP contribution in [0.3, 0.4) is 0 Å². The van der Waals surface area contributed by atoms with Gasteiger partial charge in [-0.3, -0.25) is 10.1 Å². The standard InChI is InChI=1S/C19H25BrN6O2/c1-11-13(3-2-4-15(11)20)10-23-19-24-16(17(26(27)28)18(22)25-19)9-12-5-7-14(21)8-6-12/h2-4,12,14H,5-10,21H2,1H3,(H3,22,23,24,25). The van der Waals surface area contributed by atoms with Crippen LogP contribution in [0.5, 0.6) is 0 Å². The maximum Gasteiger partial charge on any atom is 0.332 e. The van der Waals surface area contributed by atoms with E-state index in [1.807, 2.05) is 25.1 Å². The Morgan fingerprint density at radius 3 is 2.68 bits per heavy atom. The highest BCUT2D eigenvalue weighted by molar-refractivity contribution is 9.10. The van der Waals surface area contributed by atoms with E-state index < -0.39 is 4.92 Å². The molecule has 3 rings (SSSR count). The van der Waals surface area contributed by atoms with Crippen molar-refractivity contribution in [3.8, 4) is 0 Å². The molecule has 0 amide bonds. The van der Waals surface area contributed by atoms with Crippen LogP contribution in [0.1, 0.15) is 42.5 Å². The quantitative estimate of drug-likeness (QED) is 0.452. The van der Waals surface area contributed by atoms with Gasteiger partial charge < -0.3 is 16.8 Å². The van der Waals surface area contributed by atoms with Crippen LogP contribution in [0.2, 0.25) is 0 Å². The van der Waals surface area contributed by atoms with Gasteiger partial charge >= 0.3 is 5.69 Å². The Kier molecular flexibility index (Phi) is 6.46. The molecule has 0 radical (unpaired) electrons. The molecule has 1 heterocycles. The van der Waals surface area contributed by atoms with Crippen molar-refractivity contribution in [1.82, 2.24) is 9.97 Å². The van der Waals surface area contributed by atoms with E-state index in [0.29, 0.717) is 30.5 Å². The highest BCUT2D eigenvalue weighted by Crippen LogP contribution is 2.32. The van der Waals surface area contributed by atoms with Crippen LogP contribution < -0.4 is 16.8 Å². The number of halogens is 1. The van der Waals surface area contributed by atoms with E-state index in [1.54, 1.807) is 0 Å². The van der Waals surface area contributed by atoms with Crippen LogP contribution in [-0.2, 0) is 13.0 Å². The van der Waals surface area contributed by atoms with Gasteiger partial charge in [0.05, 0.1) is 4.92 Å². The molecule has 1 aliphatic rings. The average Bonchev–Trinajstić information content (AvgIpc) is 2.64. The van der Waals surface area contributed by atoms with E-state index in [9.17, 15) is 10.1 Å². The third-order valence-electron chi connectivity index (χ3n) is 5.36. The number of nitrogen functional groups attached to an aromatic ring is 1. The summed E-state index contributed by atoms with van der Waals surface area (Å²) in [6.07, 6.45) is 4.28. The molecule has 0 bridgehead atoms. The summed E-state index contributed by atoms with van der Waals surface area (Å²) in [5.41, 5.74) is 14.3. The van der Waals surface area contributed by atoms with E-state index in [4.69, 9.17) is 11.5 Å². The lowest BCUT2D eigenvalue weighted by molar-refractivity contribution is -0.385. The largest absolute Gasteiger partial charge is 0.378 e. The fourth-order valence-electron chi connectivity index (χ4n) is 3.62. The number of nitrogens with zero attached hydrogens (tertiary/aromatic N) is 3. The zero-order valence-electron chi connectivity index (χ0n) is 15.8. The molecule has 1 saturated carbocycles. The van der Waals surface area contributed by atoms with Crippen molar-refractivity contribution in [3.63, 3.8) is 0 Å². The Morgan fingerprint density at radius 2 is 2.00 bits per heavy atom. The molecule has 0 spiro atoms. The lowest BCUT2D eigenvalue weighted by Gasteiger charge is -2.25. The second-order valence-electron chi connectivity index (χ2n) is 7.35. The molecule has 1 fully saturated rings. The molecule has 1 aromatic carbocycles. The van der Waals surface area contributed by atoms with E-state index in [1.165, 1.54) is 0 Å². The number of nitro groups is 1. The van der Waals surface area contributed by atoms with E-state index in [0.717, 1.165) is 41.3 Å². The van der Waals surface area contributed by atoms with Crippen LogP contribution >= 0.6 is 15.9 Å². The number of benzene rings is 1. The minimum Gasteiger partial charge on any atom is -0.378 e. The molecule has 0 aliphatic heterocycles. The van der Waals surface area contributed by atoms with Crippen LogP contribution in [-0.4, -0.2) is 20.9 Å². The lowest BCUT2D eigenvalue weighted by Crippen LogP contribution is -2.27. The number of rotatable bonds is 6. The van der Waals surface area contributed by atoms with Gasteiger partial charge in [0.1, 0.15) is 5.69 Å². The number of nitrogens with two attached hydrogens (primary N) is 2. The number of hydrogen-bond donors (Lipinski definition) is 3. The van der Waals surface area contributed by atoms with Gasteiger partial charge in [0.2, 0.25) is 11.8 Å². The number of aromatic nitrogens is 2. The highest BCUT2D eigenvalue weighted by atomic mass is 79.9. The summed E-state index contributed by atoms with van der Waals surface area (Å²) in [5, 5.41) is 14.7. The van der Waals surface area contributed by atoms with Gasteiger partial charge in [0, 0.05) is 17.1 Å². The van der Waals surface area contributed by atoms with Crippen molar-refractivity contribution >= 4 is 33.4 Å². The van der Waals surface area contributed by atoms with Crippen LogP contribution in [0, 0.1) is 23.0 Å². The monoisotopic (exact) mass is 448 g/mol. The first kappa shape index (κ1) is 20.5. The topological polar surface area (TPSA) is 133 Å². The number of anilines is 2.